The number of carbonyl (C=O) groups excluding carboxylic acids is 1. The number of halogens is 3. The molecule has 2 aliphatic heterocycles. The maximum atomic E-state index is 14.2. The van der Waals surface area contributed by atoms with Gasteiger partial charge in [0.2, 0.25) is 0 Å². The van der Waals surface area contributed by atoms with Crippen molar-refractivity contribution in [1.29, 1.82) is 0 Å². The molecule has 1 unspecified atom stereocenters. The van der Waals surface area contributed by atoms with E-state index in [1.165, 1.54) is 4.90 Å². The number of oxime groups is 1. The zero-order valence-electron chi connectivity index (χ0n) is 22.3. The second kappa shape index (κ2) is 11.3. The number of piperidine rings is 1. The summed E-state index contributed by atoms with van der Waals surface area (Å²) in [5, 5.41) is 4.16. The smallest absolute Gasteiger partial charge is 0.380 e. The molecule has 0 aliphatic carbocycles. The minimum atomic E-state index is -2.10. The monoisotopic (exact) mass is 541 g/mol. The summed E-state index contributed by atoms with van der Waals surface area (Å²) in [7, 11) is 1.57. The Morgan fingerprint density at radius 3 is 2.56 bits per heavy atom. The molecule has 39 heavy (non-hydrogen) atoms. The van der Waals surface area contributed by atoms with Crippen molar-refractivity contribution in [3.63, 3.8) is 0 Å². The van der Waals surface area contributed by atoms with Gasteiger partial charge >= 0.3 is 11.7 Å². The van der Waals surface area contributed by atoms with E-state index in [-0.39, 0.29) is 18.7 Å². The summed E-state index contributed by atoms with van der Waals surface area (Å²) in [6.45, 7) is 9.70. The van der Waals surface area contributed by atoms with Crippen LogP contribution in [0, 0.1) is 17.5 Å². The fraction of sp³-hybridized carbons (Fsp3) is 0.310. The summed E-state index contributed by atoms with van der Waals surface area (Å²) in [6.07, 6.45) is 6.68. The summed E-state index contributed by atoms with van der Waals surface area (Å²) in [5.74, 6) is -4.53. The highest BCUT2D eigenvalue weighted by Crippen LogP contribution is 2.42. The number of rotatable bonds is 8. The molecule has 0 bridgehead atoms. The predicted octanol–water partition coefficient (Wildman–Crippen LogP) is 6.23. The predicted molar refractivity (Wildman–Crippen MR) is 142 cm³/mol. The first-order valence-electron chi connectivity index (χ1n) is 12.5. The van der Waals surface area contributed by atoms with Gasteiger partial charge in [0.15, 0.2) is 23.3 Å². The van der Waals surface area contributed by atoms with E-state index in [1.807, 2.05) is 49.2 Å². The fourth-order valence-electron chi connectivity index (χ4n) is 4.68. The lowest BCUT2D eigenvalue weighted by Gasteiger charge is -2.37. The SMILES string of the molecule is C=CN(C=C(C)C)c1ccc(/C=C2/CCCN3C2=NOC3(C(=O)OCC)c2cc(F)c(F)c(F)c2)cc1OC. The molecule has 1 saturated heterocycles. The molecule has 0 saturated carbocycles. The lowest BCUT2D eigenvalue weighted by molar-refractivity contribution is -0.189. The highest BCUT2D eigenvalue weighted by molar-refractivity contribution is 6.06. The normalized spacial score (nSPS) is 19.1. The molecule has 4 rings (SSSR count). The summed E-state index contributed by atoms with van der Waals surface area (Å²) in [5.41, 5.74) is 1.04. The molecule has 7 nitrogen and oxygen atoms in total. The molecule has 10 heteroatoms. The van der Waals surface area contributed by atoms with E-state index in [0.29, 0.717) is 24.4 Å². The van der Waals surface area contributed by atoms with Crippen LogP contribution >= 0.6 is 0 Å². The van der Waals surface area contributed by atoms with Gasteiger partial charge in [-0.3, -0.25) is 0 Å². The fourth-order valence-corrected chi connectivity index (χ4v) is 4.68. The molecule has 0 spiro atoms. The van der Waals surface area contributed by atoms with E-state index in [4.69, 9.17) is 14.3 Å². The van der Waals surface area contributed by atoms with E-state index in [2.05, 4.69) is 11.7 Å². The number of nitrogens with zero attached hydrogens (tertiary/aromatic N) is 3. The number of hydrogen-bond donors (Lipinski definition) is 0. The van der Waals surface area contributed by atoms with Gasteiger partial charge in [-0.05, 0) is 75.1 Å². The third-order valence-corrected chi connectivity index (χ3v) is 6.36. The Bertz CT molecular complexity index is 1360. The van der Waals surface area contributed by atoms with E-state index in [0.717, 1.165) is 34.5 Å². The first-order valence-corrected chi connectivity index (χ1v) is 12.5. The highest BCUT2D eigenvalue weighted by Gasteiger charge is 2.57. The second-order valence-electron chi connectivity index (χ2n) is 9.28. The third kappa shape index (κ3) is 5.10. The molecule has 0 N–H and O–H groups in total. The number of methoxy groups -OCH3 is 1. The van der Waals surface area contributed by atoms with Gasteiger partial charge < -0.3 is 24.1 Å². The number of fused-ring (bicyclic) bond motifs is 1. The van der Waals surface area contributed by atoms with Crippen LogP contribution in [0.2, 0.25) is 0 Å². The number of esters is 1. The number of benzene rings is 2. The zero-order valence-corrected chi connectivity index (χ0v) is 22.3. The minimum Gasteiger partial charge on any atom is -0.495 e. The van der Waals surface area contributed by atoms with Crippen molar-refractivity contribution in [3.05, 3.63) is 89.0 Å². The van der Waals surface area contributed by atoms with E-state index >= 15 is 0 Å². The van der Waals surface area contributed by atoms with E-state index < -0.39 is 29.1 Å². The van der Waals surface area contributed by atoms with Crippen LogP contribution in [0.1, 0.15) is 44.7 Å². The van der Waals surface area contributed by atoms with Gasteiger partial charge in [0.05, 0.1) is 19.4 Å². The Morgan fingerprint density at radius 2 is 1.95 bits per heavy atom. The van der Waals surface area contributed by atoms with Crippen LogP contribution in [0.15, 0.2) is 65.6 Å². The number of hydrogen-bond acceptors (Lipinski definition) is 7. The first kappa shape index (κ1) is 27.8. The maximum absolute atomic E-state index is 14.2. The summed E-state index contributed by atoms with van der Waals surface area (Å²) in [4.78, 5) is 22.2. The van der Waals surface area contributed by atoms with E-state index in [9.17, 15) is 18.0 Å². The van der Waals surface area contributed by atoms with Crippen molar-refractivity contribution in [2.75, 3.05) is 25.2 Å². The van der Waals surface area contributed by atoms with Gasteiger partial charge in [-0.2, -0.15) is 0 Å². The summed E-state index contributed by atoms with van der Waals surface area (Å²) >= 11 is 0. The molecule has 2 aromatic rings. The van der Waals surface area contributed by atoms with Crippen molar-refractivity contribution < 1.29 is 32.3 Å². The Morgan fingerprint density at radius 1 is 1.23 bits per heavy atom. The Labute approximate surface area is 225 Å². The average Bonchev–Trinajstić information content (AvgIpc) is 3.32. The van der Waals surface area contributed by atoms with Crippen LogP contribution in [0.25, 0.3) is 6.08 Å². The molecule has 2 aliphatic rings. The van der Waals surface area contributed by atoms with Crippen molar-refractivity contribution >= 4 is 23.6 Å². The van der Waals surface area contributed by atoms with Crippen molar-refractivity contribution in [3.8, 4) is 5.75 Å². The quantitative estimate of drug-likeness (QED) is 0.292. The van der Waals surface area contributed by atoms with Gasteiger partial charge in [0.1, 0.15) is 5.75 Å². The zero-order chi connectivity index (χ0) is 28.3. The number of anilines is 1. The molecule has 0 radical (unpaired) electrons. The molecule has 0 amide bonds. The van der Waals surface area contributed by atoms with Crippen LogP contribution in [0.5, 0.6) is 5.75 Å². The Balaban J connectivity index is 1.75. The average molecular weight is 542 g/mol. The molecular weight excluding hydrogens is 511 g/mol. The van der Waals surface area contributed by atoms with Gasteiger partial charge in [0, 0.05) is 24.5 Å². The standard InChI is InChI=1S/C29H30F3N3O4/c1-6-34(17-18(3)4)24-11-10-19(14-25(24)37-5)13-20-9-8-12-35-27(20)33-39-29(35,28(36)38-7-2)21-15-22(30)26(32)23(31)16-21/h6,10-11,13-17H,1,7-9,12H2,2-5H3/b20-13-. The van der Waals surface area contributed by atoms with Gasteiger partial charge in [-0.15, -0.1) is 0 Å². The number of ether oxygens (including phenoxy) is 2. The molecule has 1 fully saturated rings. The van der Waals surface area contributed by atoms with E-state index in [1.54, 1.807) is 20.2 Å². The van der Waals surface area contributed by atoms with Crippen molar-refractivity contribution in [2.45, 2.75) is 39.3 Å². The Hall–Kier alpha value is -4.21. The molecule has 2 aromatic carbocycles. The van der Waals surface area contributed by atoms with Gasteiger partial charge in [0.25, 0.3) is 0 Å². The van der Waals surface area contributed by atoms with Crippen molar-refractivity contribution in [1.82, 2.24) is 4.90 Å². The molecular formula is C29H30F3N3O4. The lowest BCUT2D eigenvalue weighted by atomic mass is 9.94. The van der Waals surface area contributed by atoms with Gasteiger partial charge in [-0.1, -0.05) is 23.4 Å². The lowest BCUT2D eigenvalue weighted by Crippen LogP contribution is -2.54. The van der Waals surface area contributed by atoms with Crippen LogP contribution in [-0.4, -0.2) is 37.0 Å². The van der Waals surface area contributed by atoms with Crippen LogP contribution in [0.3, 0.4) is 0 Å². The first-order chi connectivity index (χ1) is 18.7. The van der Waals surface area contributed by atoms with Crippen LogP contribution < -0.4 is 9.64 Å². The molecule has 1 atom stereocenters. The number of allylic oxidation sites excluding steroid dienone is 1. The van der Waals surface area contributed by atoms with Crippen molar-refractivity contribution in [2.24, 2.45) is 5.16 Å². The second-order valence-corrected chi connectivity index (χ2v) is 9.28. The summed E-state index contributed by atoms with van der Waals surface area (Å²) in [6, 6.07) is 7.11. The summed E-state index contributed by atoms with van der Waals surface area (Å²) < 4.78 is 53.1. The Kier molecular flexibility index (Phi) is 8.03. The maximum Gasteiger partial charge on any atom is 0.380 e. The molecule has 2 heterocycles. The van der Waals surface area contributed by atoms with Gasteiger partial charge in [-0.25, -0.2) is 18.0 Å². The number of carbonyl (C=O) groups is 1. The van der Waals surface area contributed by atoms with Crippen LogP contribution in [0.4, 0.5) is 18.9 Å². The topological polar surface area (TPSA) is 63.6 Å². The minimum absolute atomic E-state index is 0.0113. The largest absolute Gasteiger partial charge is 0.495 e. The third-order valence-electron chi connectivity index (χ3n) is 6.36. The molecule has 206 valence electrons. The van der Waals surface area contributed by atoms with Crippen LogP contribution in [-0.2, 0) is 20.1 Å². The number of amidine groups is 1. The highest BCUT2D eigenvalue weighted by atomic mass is 19.2. The molecule has 0 aromatic heterocycles.